The van der Waals surface area contributed by atoms with Crippen LogP contribution in [0, 0.1) is 0 Å². The third-order valence-electron chi connectivity index (χ3n) is 3.60. The predicted octanol–water partition coefficient (Wildman–Crippen LogP) is 4.41. The van der Waals surface area contributed by atoms with Crippen molar-refractivity contribution in [1.82, 2.24) is 15.3 Å². The van der Waals surface area contributed by atoms with E-state index in [1.165, 1.54) is 11.8 Å². The minimum absolute atomic E-state index is 0.0229. The zero-order chi connectivity index (χ0) is 22.1. The fraction of sp³-hybridized carbons (Fsp3) is 0.667. The van der Waals surface area contributed by atoms with Gasteiger partial charge in [0.05, 0.1) is 6.54 Å². The summed E-state index contributed by atoms with van der Waals surface area (Å²) in [5.41, 5.74) is 9.04. The molecule has 1 aromatic rings. The van der Waals surface area contributed by atoms with Gasteiger partial charge < -0.3 is 9.43 Å². The van der Waals surface area contributed by atoms with E-state index < -0.39 is 28.7 Å². The van der Waals surface area contributed by atoms with Crippen molar-refractivity contribution >= 4 is 34.3 Å². The average Bonchev–Trinajstić information content (AvgIpc) is 2.61. The molecule has 0 spiro atoms. The Kier molecular flexibility index (Phi) is 9.62. The Balaban J connectivity index is 2.44. The van der Waals surface area contributed by atoms with Gasteiger partial charge in [-0.15, -0.1) is 0 Å². The molecule has 1 heterocycles. The number of nitrogens with zero attached hydrogens (tertiary/aromatic N) is 5. The molecule has 1 rings (SSSR count). The molecule has 0 aliphatic heterocycles. The molecule has 0 saturated heterocycles. The van der Waals surface area contributed by atoms with Gasteiger partial charge in [-0.25, -0.2) is 9.97 Å². The van der Waals surface area contributed by atoms with E-state index in [-0.39, 0.29) is 13.1 Å². The van der Waals surface area contributed by atoms with Gasteiger partial charge >= 0.3 is 12.1 Å². The quantitative estimate of drug-likeness (QED) is 0.0987. The number of aromatic nitrogens is 2. The van der Waals surface area contributed by atoms with Gasteiger partial charge in [0.1, 0.15) is 0 Å². The second kappa shape index (κ2) is 11.0. The summed E-state index contributed by atoms with van der Waals surface area (Å²) >= 11 is 1.49. The zero-order valence-corrected chi connectivity index (χ0v) is 19.6. The van der Waals surface area contributed by atoms with E-state index in [9.17, 15) is 18.0 Å². The zero-order valence-electron chi connectivity index (χ0n) is 16.8. The lowest BCUT2D eigenvalue weighted by atomic mass is 10.4. The van der Waals surface area contributed by atoms with Crippen molar-refractivity contribution < 1.29 is 22.1 Å². The van der Waals surface area contributed by atoms with E-state index in [0.717, 1.165) is 10.9 Å². The van der Waals surface area contributed by atoms with E-state index in [0.29, 0.717) is 17.6 Å². The number of carbonyl (C=O) groups excluding carboxylic acids is 1. The summed E-state index contributed by atoms with van der Waals surface area (Å²) in [5.74, 6) is -1.91. The van der Waals surface area contributed by atoms with Gasteiger partial charge in [-0.05, 0) is 49.7 Å². The van der Waals surface area contributed by atoms with Gasteiger partial charge in [-0.1, -0.05) is 16.9 Å². The van der Waals surface area contributed by atoms with Crippen molar-refractivity contribution in [2.45, 2.75) is 56.5 Å². The average molecular weight is 467 g/mol. The van der Waals surface area contributed by atoms with Crippen LogP contribution in [0.25, 0.3) is 10.4 Å². The van der Waals surface area contributed by atoms with Gasteiger partial charge in [0, 0.05) is 29.2 Å². The van der Waals surface area contributed by atoms with E-state index in [4.69, 9.17) is 9.65 Å². The molecule has 1 N–H and O–H groups in total. The summed E-state index contributed by atoms with van der Waals surface area (Å²) in [6.45, 7) is 8.39. The second-order valence-corrected chi connectivity index (χ2v) is 17.7. The minimum Gasteiger partial charge on any atom is -0.455 e. The van der Waals surface area contributed by atoms with Crippen LogP contribution in [-0.2, 0) is 15.5 Å². The van der Waals surface area contributed by atoms with E-state index in [2.05, 4.69) is 33.1 Å². The molecular formula is C15H25F3N6O2SSi2. The van der Waals surface area contributed by atoms with Crippen LogP contribution in [0.1, 0.15) is 12.0 Å². The van der Waals surface area contributed by atoms with Crippen molar-refractivity contribution in [2.24, 2.45) is 5.11 Å². The molecule has 1 amide bonds. The third-order valence-corrected chi connectivity index (χ3v) is 13.4. The lowest BCUT2D eigenvalue weighted by Crippen LogP contribution is -2.46. The Bertz CT molecular complexity index is 728. The van der Waals surface area contributed by atoms with Crippen molar-refractivity contribution in [1.29, 1.82) is 0 Å². The summed E-state index contributed by atoms with van der Waals surface area (Å²) in [6, 6.07) is 0.650. The topological polar surface area (TPSA) is 113 Å². The van der Waals surface area contributed by atoms with Gasteiger partial charge in [-0.3, -0.25) is 4.79 Å². The number of thioether (sulfide) groups is 1. The van der Waals surface area contributed by atoms with Crippen molar-refractivity contribution in [3.63, 3.8) is 0 Å². The lowest BCUT2D eigenvalue weighted by Gasteiger charge is -2.33. The highest BCUT2D eigenvalue weighted by molar-refractivity contribution is 8.00. The maximum absolute atomic E-state index is 12.2. The number of hydrogen-bond donors (Lipinski definition) is 1. The Labute approximate surface area is 173 Å². The largest absolute Gasteiger partial charge is 0.471 e. The van der Waals surface area contributed by atoms with Crippen LogP contribution >= 0.6 is 11.8 Å². The van der Waals surface area contributed by atoms with Crippen LogP contribution in [0.5, 0.6) is 0 Å². The molecule has 162 valence electrons. The number of rotatable bonds is 11. The first-order valence-electron chi connectivity index (χ1n) is 8.84. The van der Waals surface area contributed by atoms with Crippen LogP contribution in [0.15, 0.2) is 22.7 Å². The Morgan fingerprint density at radius 2 is 1.90 bits per heavy atom. The van der Waals surface area contributed by atoms with Gasteiger partial charge in [-0.2, -0.15) is 13.2 Å². The summed E-state index contributed by atoms with van der Waals surface area (Å²) in [6.07, 6.45) is -1.17. The number of azide groups is 1. The van der Waals surface area contributed by atoms with E-state index in [1.807, 2.05) is 18.4 Å². The van der Waals surface area contributed by atoms with Crippen LogP contribution in [0.2, 0.25) is 32.2 Å². The number of carbonyl (C=O) groups is 1. The molecule has 1 aromatic heterocycles. The molecule has 8 nitrogen and oxygen atoms in total. The third kappa shape index (κ3) is 10.7. The van der Waals surface area contributed by atoms with Gasteiger partial charge in [0.25, 0.3) is 0 Å². The number of alkyl halides is 3. The first-order valence-corrected chi connectivity index (χ1v) is 16.1. The maximum Gasteiger partial charge on any atom is 0.471 e. The van der Waals surface area contributed by atoms with E-state index >= 15 is 0 Å². The smallest absolute Gasteiger partial charge is 0.455 e. The SMILES string of the molecule is C[Si](C)(CCCNC(=O)C(F)(F)F)O[Si](C)(C)CSc1ncc(CN=[N+]=[N-])cn1. The first kappa shape index (κ1) is 25.4. The Morgan fingerprint density at radius 1 is 1.28 bits per heavy atom. The summed E-state index contributed by atoms with van der Waals surface area (Å²) < 4.78 is 43.0. The Hall–Kier alpha value is -1.61. The van der Waals surface area contributed by atoms with Crippen LogP contribution < -0.4 is 5.32 Å². The molecule has 0 aromatic carbocycles. The van der Waals surface area contributed by atoms with Crippen LogP contribution in [-0.4, -0.2) is 50.6 Å². The molecule has 0 atom stereocenters. The molecule has 0 aliphatic carbocycles. The van der Waals surface area contributed by atoms with Crippen LogP contribution in [0.3, 0.4) is 0 Å². The van der Waals surface area contributed by atoms with Crippen molar-refractivity contribution in [3.8, 4) is 0 Å². The summed E-state index contributed by atoms with van der Waals surface area (Å²) in [7, 11) is -4.15. The fourth-order valence-electron chi connectivity index (χ4n) is 2.50. The maximum atomic E-state index is 12.2. The van der Waals surface area contributed by atoms with E-state index in [1.54, 1.807) is 12.4 Å². The van der Waals surface area contributed by atoms with Crippen molar-refractivity contribution in [3.05, 3.63) is 28.4 Å². The summed E-state index contributed by atoms with van der Waals surface area (Å²) in [5, 5.41) is 6.68. The first-order chi connectivity index (χ1) is 13.3. The molecule has 0 saturated carbocycles. The minimum atomic E-state index is -4.85. The molecule has 29 heavy (non-hydrogen) atoms. The lowest BCUT2D eigenvalue weighted by molar-refractivity contribution is -0.173. The molecule has 0 unspecified atom stereocenters. The molecule has 0 bridgehead atoms. The highest BCUT2D eigenvalue weighted by Gasteiger charge is 2.38. The predicted molar refractivity (Wildman–Crippen MR) is 110 cm³/mol. The standard InChI is InChI=1S/C15H25F3N6O2SSi2/c1-28(2,7-5-6-20-13(25)15(16,17)18)26-29(3,4)11-27-14-21-8-12(9-22-14)10-23-24-19/h8-9H,5-7,10-11H2,1-4H3,(H,20,25). The second-order valence-electron chi connectivity index (χ2n) is 7.53. The Morgan fingerprint density at radius 3 is 2.45 bits per heavy atom. The van der Waals surface area contributed by atoms with Crippen LogP contribution in [0.4, 0.5) is 13.2 Å². The van der Waals surface area contributed by atoms with Gasteiger partial charge in [0.2, 0.25) is 0 Å². The highest BCUT2D eigenvalue weighted by atomic mass is 32.2. The normalized spacial score (nSPS) is 12.4. The highest BCUT2D eigenvalue weighted by Crippen LogP contribution is 2.25. The molecule has 14 heteroatoms. The van der Waals surface area contributed by atoms with Gasteiger partial charge in [0.15, 0.2) is 21.8 Å². The molecule has 0 radical (unpaired) electrons. The summed E-state index contributed by atoms with van der Waals surface area (Å²) in [4.78, 5) is 22.0. The fourth-order valence-corrected chi connectivity index (χ4v) is 12.8. The number of nitrogens with one attached hydrogen (secondary N) is 1. The molecule has 0 fully saturated rings. The molecular weight excluding hydrogens is 441 g/mol. The monoisotopic (exact) mass is 466 g/mol. The number of amides is 1. The number of halogens is 3. The van der Waals surface area contributed by atoms with Crippen molar-refractivity contribution in [2.75, 3.05) is 11.9 Å². The molecule has 0 aliphatic rings. The number of hydrogen-bond acceptors (Lipinski definition) is 6.